The van der Waals surface area contributed by atoms with Crippen LogP contribution in [0.3, 0.4) is 0 Å². The average Bonchev–Trinajstić information content (AvgIpc) is 3.02. The van der Waals surface area contributed by atoms with Crippen LogP contribution < -0.4 is 16.4 Å². The number of nitriles is 1. The fraction of sp³-hybridized carbons (Fsp3) is 0.190. The highest BCUT2D eigenvalue weighted by Gasteiger charge is 2.24. The predicted molar refractivity (Wildman–Crippen MR) is 124 cm³/mol. The van der Waals surface area contributed by atoms with Crippen molar-refractivity contribution in [2.75, 3.05) is 16.4 Å². The van der Waals surface area contributed by atoms with Crippen LogP contribution in [0.1, 0.15) is 26.3 Å². The zero-order valence-corrected chi connectivity index (χ0v) is 19.2. The molecule has 3 rings (SSSR count). The zero-order chi connectivity index (χ0) is 22.9. The molecule has 0 spiro atoms. The molecule has 160 valence electrons. The summed E-state index contributed by atoms with van der Waals surface area (Å²) in [6.07, 6.45) is -0.294. The number of halogens is 2. The highest BCUT2D eigenvalue weighted by molar-refractivity contribution is 9.10. The minimum absolute atomic E-state index is 0.119. The Morgan fingerprint density at radius 1 is 1.39 bits per heavy atom. The third kappa shape index (κ3) is 4.47. The lowest BCUT2D eigenvalue weighted by Crippen LogP contribution is -2.27. The SMILES string of the molecule is CC(C)(C)OC(=O)Nc1sc2cccc(-c3c(Br)cc(NC=O)c(N)c3F)c2c1C#N. The number of nitrogen functional groups attached to an aromatic ring is 1. The molecule has 2 amide bonds. The number of thiophene rings is 1. The Labute approximate surface area is 190 Å². The van der Waals surface area contributed by atoms with E-state index >= 15 is 4.39 Å². The Balaban J connectivity index is 2.20. The molecule has 0 saturated carbocycles. The van der Waals surface area contributed by atoms with Gasteiger partial charge in [0.05, 0.1) is 16.9 Å². The number of hydrogen-bond donors (Lipinski definition) is 3. The van der Waals surface area contributed by atoms with Crippen molar-refractivity contribution >= 4 is 66.2 Å². The number of ether oxygens (including phenoxy) is 1. The maximum Gasteiger partial charge on any atom is 0.412 e. The van der Waals surface area contributed by atoms with Gasteiger partial charge in [-0.3, -0.25) is 10.1 Å². The number of anilines is 3. The molecule has 0 saturated heterocycles. The van der Waals surface area contributed by atoms with Gasteiger partial charge in [-0.2, -0.15) is 5.26 Å². The van der Waals surface area contributed by atoms with Crippen LogP contribution in [0.15, 0.2) is 28.7 Å². The summed E-state index contributed by atoms with van der Waals surface area (Å²) in [6.45, 7) is 5.19. The number of carbonyl (C=O) groups excluding carboxylic acids is 2. The van der Waals surface area contributed by atoms with Gasteiger partial charge < -0.3 is 15.8 Å². The second kappa shape index (κ2) is 8.53. The molecule has 0 aliphatic heterocycles. The van der Waals surface area contributed by atoms with E-state index < -0.39 is 17.5 Å². The minimum Gasteiger partial charge on any atom is -0.444 e. The van der Waals surface area contributed by atoms with Crippen LogP contribution in [-0.2, 0) is 9.53 Å². The van der Waals surface area contributed by atoms with Crippen LogP contribution in [0.2, 0.25) is 0 Å². The van der Waals surface area contributed by atoms with E-state index in [9.17, 15) is 14.9 Å². The molecule has 0 bridgehead atoms. The van der Waals surface area contributed by atoms with Gasteiger partial charge in [0.25, 0.3) is 0 Å². The van der Waals surface area contributed by atoms with Crippen molar-refractivity contribution in [3.05, 3.63) is 40.1 Å². The molecule has 0 unspecified atom stereocenters. The van der Waals surface area contributed by atoms with Crippen LogP contribution >= 0.6 is 27.3 Å². The fourth-order valence-electron chi connectivity index (χ4n) is 3.01. The van der Waals surface area contributed by atoms with Crippen molar-refractivity contribution in [3.8, 4) is 17.2 Å². The second-order valence-corrected chi connectivity index (χ2v) is 9.40. The third-order valence-electron chi connectivity index (χ3n) is 4.18. The first-order chi connectivity index (χ1) is 14.6. The molecule has 0 atom stereocenters. The molecular formula is C21H18BrFN4O3S. The van der Waals surface area contributed by atoms with Crippen molar-refractivity contribution in [3.63, 3.8) is 0 Å². The molecule has 0 radical (unpaired) electrons. The van der Waals surface area contributed by atoms with Crippen LogP contribution in [0, 0.1) is 17.1 Å². The van der Waals surface area contributed by atoms with Gasteiger partial charge in [0, 0.05) is 20.1 Å². The number of amides is 2. The molecular weight excluding hydrogens is 487 g/mol. The number of nitrogens with two attached hydrogens (primary N) is 1. The number of carbonyl (C=O) groups is 2. The monoisotopic (exact) mass is 504 g/mol. The van der Waals surface area contributed by atoms with Crippen LogP contribution in [0.5, 0.6) is 0 Å². The largest absolute Gasteiger partial charge is 0.444 e. The normalized spacial score (nSPS) is 11.1. The molecule has 0 fully saturated rings. The lowest BCUT2D eigenvalue weighted by molar-refractivity contribution is -0.105. The molecule has 3 aromatic rings. The van der Waals surface area contributed by atoms with Gasteiger partial charge >= 0.3 is 6.09 Å². The maximum absolute atomic E-state index is 15.2. The second-order valence-electron chi connectivity index (χ2n) is 7.49. The zero-order valence-electron chi connectivity index (χ0n) is 16.8. The summed E-state index contributed by atoms with van der Waals surface area (Å²) in [7, 11) is 0. The number of benzene rings is 2. The maximum atomic E-state index is 15.2. The molecule has 7 nitrogen and oxygen atoms in total. The van der Waals surface area contributed by atoms with Crippen LogP contribution in [0.25, 0.3) is 21.2 Å². The van der Waals surface area contributed by atoms with Crippen LogP contribution in [0.4, 0.5) is 25.6 Å². The van der Waals surface area contributed by atoms with Crippen molar-refractivity contribution in [2.24, 2.45) is 0 Å². The van der Waals surface area contributed by atoms with E-state index in [0.717, 1.165) is 0 Å². The molecule has 1 heterocycles. The fourth-order valence-corrected chi connectivity index (χ4v) is 4.69. The van der Waals surface area contributed by atoms with E-state index in [-0.39, 0.29) is 22.5 Å². The highest BCUT2D eigenvalue weighted by atomic mass is 79.9. The van der Waals surface area contributed by atoms with Gasteiger partial charge in [-0.05, 0) is 54.4 Å². The molecule has 10 heteroatoms. The number of rotatable bonds is 4. The Hall–Kier alpha value is -3.16. The Kier molecular flexibility index (Phi) is 6.20. The molecule has 0 aliphatic carbocycles. The van der Waals surface area contributed by atoms with E-state index in [4.69, 9.17) is 10.5 Å². The first-order valence-electron chi connectivity index (χ1n) is 9.01. The topological polar surface area (TPSA) is 117 Å². The van der Waals surface area contributed by atoms with Gasteiger partial charge in [0.15, 0.2) is 5.82 Å². The van der Waals surface area contributed by atoms with E-state index in [1.54, 1.807) is 39.0 Å². The first-order valence-corrected chi connectivity index (χ1v) is 10.6. The number of fused-ring (bicyclic) bond motifs is 1. The van der Waals surface area contributed by atoms with Gasteiger partial charge in [-0.1, -0.05) is 12.1 Å². The van der Waals surface area contributed by atoms with Crippen molar-refractivity contribution in [1.82, 2.24) is 0 Å². The number of hydrogen-bond acceptors (Lipinski definition) is 6. The predicted octanol–water partition coefficient (Wildman–Crippen LogP) is 5.84. The van der Waals surface area contributed by atoms with E-state index in [0.29, 0.717) is 31.5 Å². The van der Waals surface area contributed by atoms with Gasteiger partial charge in [-0.25, -0.2) is 9.18 Å². The summed E-state index contributed by atoms with van der Waals surface area (Å²) in [5.74, 6) is -0.747. The van der Waals surface area contributed by atoms with E-state index in [2.05, 4.69) is 32.6 Å². The summed E-state index contributed by atoms with van der Waals surface area (Å²) >= 11 is 4.51. The quantitative estimate of drug-likeness (QED) is 0.304. The molecule has 1 aromatic heterocycles. The highest BCUT2D eigenvalue weighted by Crippen LogP contribution is 2.45. The lowest BCUT2D eigenvalue weighted by Gasteiger charge is -2.19. The summed E-state index contributed by atoms with van der Waals surface area (Å²) in [4.78, 5) is 23.0. The van der Waals surface area contributed by atoms with Crippen molar-refractivity contribution < 1.29 is 18.7 Å². The molecule has 4 N–H and O–H groups in total. The number of nitrogens with one attached hydrogen (secondary N) is 2. The van der Waals surface area contributed by atoms with Crippen molar-refractivity contribution in [2.45, 2.75) is 26.4 Å². The molecule has 0 aliphatic rings. The smallest absolute Gasteiger partial charge is 0.412 e. The van der Waals surface area contributed by atoms with E-state index in [1.807, 2.05) is 0 Å². The number of nitrogens with zero attached hydrogens (tertiary/aromatic N) is 1. The summed E-state index contributed by atoms with van der Waals surface area (Å²) in [5.41, 5.74) is 5.78. The summed E-state index contributed by atoms with van der Waals surface area (Å²) in [5, 5.41) is 15.5. The summed E-state index contributed by atoms with van der Waals surface area (Å²) in [6, 6.07) is 8.72. The average molecular weight is 505 g/mol. The van der Waals surface area contributed by atoms with Gasteiger partial charge in [0.2, 0.25) is 6.41 Å². The lowest BCUT2D eigenvalue weighted by atomic mass is 9.98. The minimum atomic E-state index is -0.747. The Morgan fingerprint density at radius 3 is 2.71 bits per heavy atom. The van der Waals surface area contributed by atoms with Gasteiger partial charge in [-0.15, -0.1) is 11.3 Å². The van der Waals surface area contributed by atoms with Crippen LogP contribution in [-0.4, -0.2) is 18.1 Å². The summed E-state index contributed by atoms with van der Waals surface area (Å²) < 4.78 is 21.5. The Bertz CT molecular complexity index is 1240. The van der Waals surface area contributed by atoms with Gasteiger partial charge in [0.1, 0.15) is 16.7 Å². The molecule has 31 heavy (non-hydrogen) atoms. The first kappa shape index (κ1) is 22.5. The standard InChI is InChI=1S/C21H18BrFN4O3S/c1-21(2,3)30-20(29)27-19-11(8-24)15-10(5-4-6-14(15)31-19)16-12(22)7-13(26-9-28)18(25)17(16)23/h4-7,9H,25H2,1-3H3,(H,26,28)(H,27,29). The van der Waals surface area contributed by atoms with Crippen molar-refractivity contribution in [1.29, 1.82) is 5.26 Å². The molecule has 2 aromatic carbocycles. The third-order valence-corrected chi connectivity index (χ3v) is 5.88. The van der Waals surface area contributed by atoms with E-state index in [1.165, 1.54) is 17.4 Å². The Morgan fingerprint density at radius 2 is 2.10 bits per heavy atom.